The van der Waals surface area contributed by atoms with E-state index in [2.05, 4.69) is 17.1 Å². The van der Waals surface area contributed by atoms with E-state index in [0.717, 1.165) is 18.4 Å². The Morgan fingerprint density at radius 2 is 2.10 bits per heavy atom. The predicted molar refractivity (Wildman–Crippen MR) is 74.0 cm³/mol. The third kappa shape index (κ3) is 2.50. The molecule has 4 nitrogen and oxygen atoms in total. The molecule has 0 bridgehead atoms. The fourth-order valence-electron chi connectivity index (χ4n) is 2.54. The number of carbonyl (C=O) groups is 1. The number of hydrogen-bond acceptors (Lipinski definition) is 3. The van der Waals surface area contributed by atoms with Crippen LogP contribution in [0.25, 0.3) is 0 Å². The zero-order chi connectivity index (χ0) is 13.9. The molecule has 2 aromatic rings. The Morgan fingerprint density at radius 3 is 2.95 bits per heavy atom. The number of carboxylic acids is 1. The van der Waals surface area contributed by atoms with Gasteiger partial charge in [0.05, 0.1) is 0 Å². The first kappa shape index (κ1) is 12.7. The first-order valence-corrected chi connectivity index (χ1v) is 6.66. The average molecular weight is 269 g/mol. The van der Waals surface area contributed by atoms with E-state index in [4.69, 9.17) is 9.84 Å². The monoisotopic (exact) mass is 269 g/mol. The van der Waals surface area contributed by atoms with Crippen molar-refractivity contribution < 1.29 is 14.6 Å². The number of aryl methyl sites for hydroxylation is 2. The summed E-state index contributed by atoms with van der Waals surface area (Å²) in [5, 5.41) is 9.05. The quantitative estimate of drug-likeness (QED) is 0.927. The van der Waals surface area contributed by atoms with Gasteiger partial charge in [-0.2, -0.15) is 0 Å². The van der Waals surface area contributed by atoms with E-state index >= 15 is 0 Å². The number of hydrogen-bond donors (Lipinski definition) is 1. The van der Waals surface area contributed by atoms with Gasteiger partial charge in [-0.15, -0.1) is 0 Å². The molecular formula is C16H15NO3. The number of benzene rings is 1. The minimum Gasteiger partial charge on any atom is -0.486 e. The number of rotatable bonds is 4. The van der Waals surface area contributed by atoms with Gasteiger partial charge in [-0.3, -0.25) is 0 Å². The molecule has 1 N–H and O–H groups in total. The van der Waals surface area contributed by atoms with E-state index in [1.165, 1.54) is 23.7 Å². The van der Waals surface area contributed by atoms with Crippen LogP contribution in [0.2, 0.25) is 0 Å². The number of aromatic nitrogens is 1. The maximum absolute atomic E-state index is 11.0. The molecule has 0 saturated heterocycles. The molecule has 1 aromatic heterocycles. The Kier molecular flexibility index (Phi) is 3.37. The Morgan fingerprint density at radius 1 is 1.25 bits per heavy atom. The second-order valence-corrected chi connectivity index (χ2v) is 4.90. The summed E-state index contributed by atoms with van der Waals surface area (Å²) >= 11 is 0. The molecule has 20 heavy (non-hydrogen) atoms. The molecular weight excluding hydrogens is 254 g/mol. The van der Waals surface area contributed by atoms with Gasteiger partial charge in [-0.05, 0) is 48.1 Å². The first-order valence-electron chi connectivity index (χ1n) is 6.66. The van der Waals surface area contributed by atoms with Crippen molar-refractivity contribution >= 4 is 5.97 Å². The highest BCUT2D eigenvalue weighted by atomic mass is 16.5. The summed E-state index contributed by atoms with van der Waals surface area (Å²) in [4.78, 5) is 14.9. The largest absolute Gasteiger partial charge is 0.486 e. The van der Waals surface area contributed by atoms with Crippen molar-refractivity contribution in [3.63, 3.8) is 0 Å². The number of nitrogens with zero attached hydrogens (tertiary/aromatic N) is 1. The number of pyridine rings is 1. The van der Waals surface area contributed by atoms with Crippen LogP contribution < -0.4 is 4.74 Å². The number of aromatic carboxylic acids is 1. The van der Waals surface area contributed by atoms with Crippen LogP contribution in [-0.2, 0) is 19.4 Å². The van der Waals surface area contributed by atoms with Gasteiger partial charge in [0.15, 0.2) is 11.4 Å². The van der Waals surface area contributed by atoms with E-state index < -0.39 is 5.97 Å². The summed E-state index contributed by atoms with van der Waals surface area (Å²) in [7, 11) is 0. The molecule has 0 saturated carbocycles. The van der Waals surface area contributed by atoms with Gasteiger partial charge in [0, 0.05) is 6.20 Å². The average Bonchev–Trinajstić information content (AvgIpc) is 2.92. The van der Waals surface area contributed by atoms with Crippen LogP contribution >= 0.6 is 0 Å². The molecule has 0 radical (unpaired) electrons. The second kappa shape index (κ2) is 5.33. The fourth-order valence-corrected chi connectivity index (χ4v) is 2.54. The van der Waals surface area contributed by atoms with Crippen molar-refractivity contribution in [2.75, 3.05) is 0 Å². The lowest BCUT2D eigenvalue weighted by atomic mass is 10.1. The van der Waals surface area contributed by atoms with Crippen molar-refractivity contribution in [2.24, 2.45) is 0 Å². The fraction of sp³-hybridized carbons (Fsp3) is 0.250. The minimum atomic E-state index is -1.07. The van der Waals surface area contributed by atoms with Gasteiger partial charge in [0.25, 0.3) is 0 Å². The summed E-state index contributed by atoms with van der Waals surface area (Å²) in [6.07, 6.45) is 4.94. The normalized spacial score (nSPS) is 13.0. The molecule has 0 aliphatic heterocycles. The van der Waals surface area contributed by atoms with E-state index in [9.17, 15) is 4.79 Å². The van der Waals surface area contributed by atoms with Crippen molar-refractivity contribution in [3.05, 3.63) is 58.9 Å². The molecule has 4 heteroatoms. The lowest BCUT2D eigenvalue weighted by Gasteiger charge is -2.09. The highest BCUT2D eigenvalue weighted by molar-refractivity contribution is 5.88. The molecule has 1 heterocycles. The summed E-state index contributed by atoms with van der Waals surface area (Å²) in [5.74, 6) is -0.768. The SMILES string of the molecule is O=C(O)c1ncccc1OCc1ccc2c(c1)CCC2. The molecule has 0 fully saturated rings. The predicted octanol–water partition coefficient (Wildman–Crippen LogP) is 2.85. The Bertz CT molecular complexity index is 652. The van der Waals surface area contributed by atoms with Crippen LogP contribution in [0.15, 0.2) is 36.5 Å². The summed E-state index contributed by atoms with van der Waals surface area (Å²) in [6.45, 7) is 0.360. The van der Waals surface area contributed by atoms with Crippen molar-refractivity contribution in [1.29, 1.82) is 0 Å². The third-order valence-electron chi connectivity index (χ3n) is 3.53. The zero-order valence-electron chi connectivity index (χ0n) is 11.0. The Labute approximate surface area is 117 Å². The van der Waals surface area contributed by atoms with Crippen LogP contribution in [0.4, 0.5) is 0 Å². The van der Waals surface area contributed by atoms with Gasteiger partial charge in [0.1, 0.15) is 6.61 Å². The second-order valence-electron chi connectivity index (χ2n) is 4.90. The molecule has 1 aliphatic rings. The molecule has 102 valence electrons. The van der Waals surface area contributed by atoms with Crippen molar-refractivity contribution in [1.82, 2.24) is 4.98 Å². The molecule has 1 aliphatic carbocycles. The zero-order valence-corrected chi connectivity index (χ0v) is 11.0. The van der Waals surface area contributed by atoms with Crippen molar-refractivity contribution in [2.45, 2.75) is 25.9 Å². The van der Waals surface area contributed by atoms with Gasteiger partial charge in [0.2, 0.25) is 0 Å². The summed E-state index contributed by atoms with van der Waals surface area (Å²) in [6, 6.07) is 9.64. The van der Waals surface area contributed by atoms with Gasteiger partial charge < -0.3 is 9.84 Å². The van der Waals surface area contributed by atoms with Crippen LogP contribution in [0.1, 0.15) is 33.6 Å². The molecule has 0 unspecified atom stereocenters. The van der Waals surface area contributed by atoms with E-state index in [-0.39, 0.29) is 5.69 Å². The van der Waals surface area contributed by atoms with E-state index in [1.54, 1.807) is 12.1 Å². The van der Waals surface area contributed by atoms with Crippen LogP contribution in [-0.4, -0.2) is 16.1 Å². The van der Waals surface area contributed by atoms with Gasteiger partial charge in [-0.1, -0.05) is 18.2 Å². The highest BCUT2D eigenvalue weighted by Crippen LogP contribution is 2.24. The standard InChI is InChI=1S/C16H15NO3/c18-16(19)15-14(5-2-8-17-15)20-10-11-6-7-12-3-1-4-13(12)9-11/h2,5-9H,1,3-4,10H2,(H,18,19). The lowest BCUT2D eigenvalue weighted by molar-refractivity contribution is 0.0685. The Hall–Kier alpha value is -2.36. The smallest absolute Gasteiger partial charge is 0.358 e. The molecule has 1 aromatic carbocycles. The van der Waals surface area contributed by atoms with Crippen LogP contribution in [0.3, 0.4) is 0 Å². The molecule has 0 spiro atoms. The maximum atomic E-state index is 11.0. The van der Waals surface area contributed by atoms with E-state index in [1.807, 2.05) is 6.07 Å². The topological polar surface area (TPSA) is 59.4 Å². The molecule has 3 rings (SSSR count). The number of ether oxygens (including phenoxy) is 1. The highest BCUT2D eigenvalue weighted by Gasteiger charge is 2.14. The molecule has 0 amide bonds. The van der Waals surface area contributed by atoms with Gasteiger partial charge >= 0.3 is 5.97 Å². The van der Waals surface area contributed by atoms with Crippen LogP contribution in [0, 0.1) is 0 Å². The summed E-state index contributed by atoms with van der Waals surface area (Å²) < 4.78 is 5.60. The lowest BCUT2D eigenvalue weighted by Crippen LogP contribution is -2.05. The third-order valence-corrected chi connectivity index (χ3v) is 3.53. The maximum Gasteiger partial charge on any atom is 0.358 e. The summed E-state index contributed by atoms with van der Waals surface area (Å²) in [5.41, 5.74) is 3.82. The number of fused-ring (bicyclic) bond motifs is 1. The Balaban J connectivity index is 1.75. The minimum absolute atomic E-state index is 0.0475. The van der Waals surface area contributed by atoms with E-state index in [0.29, 0.717) is 12.4 Å². The van der Waals surface area contributed by atoms with Crippen LogP contribution in [0.5, 0.6) is 5.75 Å². The first-order chi connectivity index (χ1) is 9.74. The van der Waals surface area contributed by atoms with Gasteiger partial charge in [-0.25, -0.2) is 9.78 Å². The van der Waals surface area contributed by atoms with Crippen molar-refractivity contribution in [3.8, 4) is 5.75 Å². The number of carboxylic acid groups (broad SMARTS) is 1. The molecule has 0 atom stereocenters.